The Kier molecular flexibility index (Phi) is 6.25. The Morgan fingerprint density at radius 2 is 1.77 bits per heavy atom. The third kappa shape index (κ3) is 5.02. The third-order valence-electron chi connectivity index (χ3n) is 7.00. The number of thioether (sulfide) groups is 1. The van der Waals surface area contributed by atoms with Crippen LogP contribution >= 0.6 is 11.8 Å². The highest BCUT2D eigenvalue weighted by Gasteiger charge is 2.48. The van der Waals surface area contributed by atoms with E-state index in [4.69, 9.17) is 0 Å². The average Bonchev–Trinajstić information content (AvgIpc) is 3.03. The van der Waals surface area contributed by atoms with Crippen molar-refractivity contribution < 1.29 is 9.59 Å². The number of nitrogens with one attached hydrogen (secondary N) is 2. The minimum atomic E-state index is -0.500. The van der Waals surface area contributed by atoms with E-state index in [0.29, 0.717) is 28.7 Å². The van der Waals surface area contributed by atoms with Crippen LogP contribution in [0.1, 0.15) is 77.1 Å². The van der Waals surface area contributed by atoms with Gasteiger partial charge < -0.3 is 10.6 Å². The van der Waals surface area contributed by atoms with E-state index < -0.39 is 5.54 Å². The van der Waals surface area contributed by atoms with E-state index >= 15 is 0 Å². The van der Waals surface area contributed by atoms with Crippen LogP contribution in [-0.4, -0.2) is 38.4 Å². The zero-order valence-electron chi connectivity index (χ0n) is 19.4. The van der Waals surface area contributed by atoms with Gasteiger partial charge in [-0.15, -0.1) is 11.8 Å². The fourth-order valence-corrected chi connectivity index (χ4v) is 7.03. The van der Waals surface area contributed by atoms with Crippen LogP contribution in [0.15, 0.2) is 17.3 Å². The molecule has 1 heterocycles. The molecule has 2 N–H and O–H groups in total. The molecule has 0 radical (unpaired) electrons. The van der Waals surface area contributed by atoms with E-state index in [1.54, 1.807) is 22.6 Å². The number of nitrogens with zero attached hydrogens (tertiary/aromatic N) is 2. The molecular weight excluding hydrogens is 408 g/mol. The lowest BCUT2D eigenvalue weighted by Gasteiger charge is -2.54. The number of carbonyl (C=O) groups is 2. The van der Waals surface area contributed by atoms with Crippen LogP contribution in [-0.2, 0) is 4.79 Å². The summed E-state index contributed by atoms with van der Waals surface area (Å²) in [5.41, 5.74) is 0.148. The molecule has 4 bridgehead atoms. The van der Waals surface area contributed by atoms with Crippen LogP contribution in [0.3, 0.4) is 0 Å². The molecule has 0 saturated heterocycles. The number of rotatable bonds is 7. The predicted octanol–water partition coefficient (Wildman–Crippen LogP) is 4.32. The molecule has 4 fully saturated rings. The Bertz CT molecular complexity index is 845. The van der Waals surface area contributed by atoms with Crippen LogP contribution in [0.4, 0.5) is 0 Å². The van der Waals surface area contributed by atoms with E-state index in [2.05, 4.69) is 29.6 Å². The normalized spacial score (nSPS) is 29.7. The second kappa shape index (κ2) is 8.64. The molecule has 1 aromatic heterocycles. The molecule has 5 rings (SSSR count). The fraction of sp³-hybridized carbons (Fsp3) is 0.708. The highest BCUT2D eigenvalue weighted by molar-refractivity contribution is 7.99. The van der Waals surface area contributed by atoms with Crippen LogP contribution < -0.4 is 10.6 Å². The van der Waals surface area contributed by atoms with Gasteiger partial charge in [-0.1, -0.05) is 13.8 Å². The first-order valence-corrected chi connectivity index (χ1v) is 12.5. The lowest BCUT2D eigenvalue weighted by Crippen LogP contribution is -2.55. The summed E-state index contributed by atoms with van der Waals surface area (Å²) in [5.74, 6) is 3.00. The number of aromatic nitrogens is 2. The Labute approximate surface area is 190 Å². The average molecular weight is 445 g/mol. The van der Waals surface area contributed by atoms with Crippen molar-refractivity contribution >= 4 is 29.8 Å². The van der Waals surface area contributed by atoms with Gasteiger partial charge in [0.25, 0.3) is 5.91 Å². The van der Waals surface area contributed by atoms with Gasteiger partial charge in [0.15, 0.2) is 0 Å². The molecule has 4 aliphatic rings. The van der Waals surface area contributed by atoms with Crippen LogP contribution in [0, 0.1) is 23.7 Å². The third-order valence-corrected chi connectivity index (χ3v) is 8.10. The largest absolute Gasteiger partial charge is 0.349 e. The van der Waals surface area contributed by atoms with Crippen molar-refractivity contribution in [2.45, 2.75) is 88.6 Å². The van der Waals surface area contributed by atoms with Gasteiger partial charge in [0.1, 0.15) is 5.03 Å². The Morgan fingerprint density at radius 1 is 1.16 bits per heavy atom. The topological polar surface area (TPSA) is 76.0 Å². The predicted molar refractivity (Wildman–Crippen MR) is 125 cm³/mol. The zero-order chi connectivity index (χ0) is 22.3. The van der Waals surface area contributed by atoms with Gasteiger partial charge in [-0.2, -0.15) is 5.10 Å². The first-order chi connectivity index (χ1) is 14.6. The highest BCUT2D eigenvalue weighted by atomic mass is 32.2. The van der Waals surface area contributed by atoms with E-state index in [0.717, 1.165) is 16.9 Å². The molecule has 2 amide bonds. The van der Waals surface area contributed by atoms with E-state index in [1.807, 2.05) is 26.1 Å². The SMILES string of the molecule is CC(=O)NC(C)(C)/C=C/n1ncc(C(=O)NC2C3CC4CC(C3)CC2C4)c1SC(C)C. The number of carbonyl (C=O) groups excluding carboxylic acids is 2. The molecule has 0 unspecified atom stereocenters. The van der Waals surface area contributed by atoms with Gasteiger partial charge in [-0.05, 0) is 75.7 Å². The van der Waals surface area contributed by atoms with Crippen molar-refractivity contribution in [2.24, 2.45) is 23.7 Å². The molecule has 6 nitrogen and oxygen atoms in total. The van der Waals surface area contributed by atoms with Crippen LogP contribution in [0.5, 0.6) is 0 Å². The summed E-state index contributed by atoms with van der Waals surface area (Å²) in [7, 11) is 0. The maximum Gasteiger partial charge on any atom is 0.255 e. The summed E-state index contributed by atoms with van der Waals surface area (Å²) in [6.07, 6.45) is 12.0. The van der Waals surface area contributed by atoms with E-state index in [1.165, 1.54) is 39.0 Å². The first kappa shape index (κ1) is 22.4. The molecule has 4 saturated carbocycles. The van der Waals surface area contributed by atoms with Crippen molar-refractivity contribution in [1.29, 1.82) is 0 Å². The molecule has 31 heavy (non-hydrogen) atoms. The van der Waals surface area contributed by atoms with Crippen molar-refractivity contribution in [3.05, 3.63) is 17.8 Å². The maximum absolute atomic E-state index is 13.3. The molecule has 0 spiro atoms. The van der Waals surface area contributed by atoms with Gasteiger partial charge in [0, 0.05) is 24.4 Å². The van der Waals surface area contributed by atoms with Gasteiger partial charge in [-0.25, -0.2) is 4.68 Å². The second-order valence-electron chi connectivity index (χ2n) is 10.6. The molecule has 0 atom stereocenters. The summed E-state index contributed by atoms with van der Waals surface area (Å²) in [6.45, 7) is 9.61. The molecule has 0 aliphatic heterocycles. The Morgan fingerprint density at radius 3 is 2.32 bits per heavy atom. The number of hydrogen-bond acceptors (Lipinski definition) is 4. The van der Waals surface area contributed by atoms with Crippen LogP contribution in [0.25, 0.3) is 6.20 Å². The Balaban J connectivity index is 1.52. The van der Waals surface area contributed by atoms with Gasteiger partial charge in [0.2, 0.25) is 5.91 Å². The summed E-state index contributed by atoms with van der Waals surface area (Å²) in [4.78, 5) is 24.8. The summed E-state index contributed by atoms with van der Waals surface area (Å²) in [5, 5.41) is 12.0. The maximum atomic E-state index is 13.3. The monoisotopic (exact) mass is 444 g/mol. The lowest BCUT2D eigenvalue weighted by atomic mass is 9.54. The van der Waals surface area contributed by atoms with Gasteiger partial charge in [-0.3, -0.25) is 9.59 Å². The summed E-state index contributed by atoms with van der Waals surface area (Å²) >= 11 is 1.64. The van der Waals surface area contributed by atoms with Gasteiger partial charge >= 0.3 is 0 Å². The zero-order valence-corrected chi connectivity index (χ0v) is 20.2. The summed E-state index contributed by atoms with van der Waals surface area (Å²) in [6, 6.07) is 0.315. The lowest BCUT2D eigenvalue weighted by molar-refractivity contribution is -0.120. The molecule has 1 aromatic rings. The smallest absolute Gasteiger partial charge is 0.255 e. The second-order valence-corrected chi connectivity index (χ2v) is 12.2. The molecular formula is C24H36N4O2S. The molecule has 0 aromatic carbocycles. The van der Waals surface area contributed by atoms with Crippen molar-refractivity contribution in [3.8, 4) is 0 Å². The molecule has 7 heteroatoms. The minimum absolute atomic E-state index is 0.00129. The summed E-state index contributed by atoms with van der Waals surface area (Å²) < 4.78 is 1.76. The van der Waals surface area contributed by atoms with Crippen molar-refractivity contribution in [2.75, 3.05) is 0 Å². The van der Waals surface area contributed by atoms with Crippen LogP contribution in [0.2, 0.25) is 0 Å². The molecule has 170 valence electrons. The fourth-order valence-electron chi connectivity index (χ4n) is 6.10. The standard InChI is InChI=1S/C24H36N4O2S/c1-14(2)31-23-20(13-25-28(23)7-6-24(4,5)27-15(3)29)22(30)26-21-18-9-16-8-17(11-18)12-19(21)10-16/h6-7,13-14,16-19,21H,8-12H2,1-5H3,(H,26,30)(H,27,29)/b7-6+. The highest BCUT2D eigenvalue weighted by Crippen LogP contribution is 2.53. The van der Waals surface area contributed by atoms with Crippen molar-refractivity contribution in [1.82, 2.24) is 20.4 Å². The van der Waals surface area contributed by atoms with E-state index in [9.17, 15) is 9.59 Å². The van der Waals surface area contributed by atoms with Crippen molar-refractivity contribution in [3.63, 3.8) is 0 Å². The van der Waals surface area contributed by atoms with Gasteiger partial charge in [0.05, 0.1) is 17.3 Å². The Hall–Kier alpha value is -1.76. The minimum Gasteiger partial charge on any atom is -0.349 e. The number of amides is 2. The first-order valence-electron chi connectivity index (χ1n) is 11.6. The van der Waals surface area contributed by atoms with E-state index in [-0.39, 0.29) is 11.8 Å². The quantitative estimate of drug-likeness (QED) is 0.614. The molecule has 4 aliphatic carbocycles. The number of hydrogen-bond donors (Lipinski definition) is 2.